The number of likely N-dealkylation sites (tertiary alicyclic amines) is 1. The van der Waals surface area contributed by atoms with E-state index in [0.29, 0.717) is 5.95 Å². The molecule has 0 aromatic carbocycles. The van der Waals surface area contributed by atoms with Crippen LogP contribution < -0.4 is 5.32 Å². The van der Waals surface area contributed by atoms with Crippen molar-refractivity contribution in [2.75, 3.05) is 11.9 Å². The maximum atomic E-state index is 12.6. The summed E-state index contributed by atoms with van der Waals surface area (Å²) in [5.41, 5.74) is 3.47. The molecule has 2 aromatic heterocycles. The fraction of sp³-hybridized carbons (Fsp3) is 0.529. The lowest BCUT2D eigenvalue weighted by molar-refractivity contribution is -0.121. The number of nitrogens with one attached hydrogen (secondary N) is 1. The highest BCUT2D eigenvalue weighted by Crippen LogP contribution is 2.36. The highest BCUT2D eigenvalue weighted by atomic mass is 16.2. The highest BCUT2D eigenvalue weighted by molar-refractivity contribution is 5.93. The van der Waals surface area contributed by atoms with Crippen LogP contribution in [0.5, 0.6) is 0 Å². The Bertz CT molecular complexity index is 726. The summed E-state index contributed by atoms with van der Waals surface area (Å²) in [7, 11) is 1.97. The van der Waals surface area contributed by atoms with Crippen molar-refractivity contribution in [2.45, 2.75) is 45.7 Å². The van der Waals surface area contributed by atoms with E-state index in [1.54, 1.807) is 18.5 Å². The van der Waals surface area contributed by atoms with E-state index in [1.165, 1.54) is 11.3 Å². The molecule has 24 heavy (non-hydrogen) atoms. The summed E-state index contributed by atoms with van der Waals surface area (Å²) < 4.78 is 1.92. The fourth-order valence-corrected chi connectivity index (χ4v) is 3.56. The minimum atomic E-state index is -0.250. The first-order valence-corrected chi connectivity index (χ1v) is 8.32. The van der Waals surface area contributed by atoms with E-state index in [-0.39, 0.29) is 18.0 Å². The minimum Gasteiger partial charge on any atom is -0.293 e. The van der Waals surface area contributed by atoms with E-state index >= 15 is 0 Å². The first kappa shape index (κ1) is 16.6. The van der Waals surface area contributed by atoms with E-state index in [4.69, 9.17) is 0 Å². The summed E-state index contributed by atoms with van der Waals surface area (Å²) in [5, 5.41) is 7.33. The van der Waals surface area contributed by atoms with Gasteiger partial charge < -0.3 is 0 Å². The lowest BCUT2D eigenvalue weighted by atomic mass is 10.0. The summed E-state index contributed by atoms with van der Waals surface area (Å²) in [4.78, 5) is 23.0. The van der Waals surface area contributed by atoms with Crippen molar-refractivity contribution in [1.29, 1.82) is 0 Å². The lowest BCUT2D eigenvalue weighted by Crippen LogP contribution is -2.42. The van der Waals surface area contributed by atoms with Crippen molar-refractivity contribution in [3.05, 3.63) is 35.4 Å². The van der Waals surface area contributed by atoms with Gasteiger partial charge in [0, 0.05) is 36.7 Å². The maximum Gasteiger partial charge on any atom is 0.243 e. The standard InChI is InChI=1S/C17H24N6O/c1-11-15(12(2)22(4)21-11)14-7-5-10-23(14)13(3)16(24)20-17-18-8-6-9-19-17/h6,8-9,13-14H,5,7,10H2,1-4H3,(H,18,19,20,24)/t13-,14-/m1/s1. The van der Waals surface area contributed by atoms with Crippen LogP contribution in [0, 0.1) is 13.8 Å². The Balaban J connectivity index is 1.78. The molecule has 1 N–H and O–H groups in total. The number of hydrogen-bond donors (Lipinski definition) is 1. The quantitative estimate of drug-likeness (QED) is 0.929. The fourth-order valence-electron chi connectivity index (χ4n) is 3.56. The van der Waals surface area contributed by atoms with Gasteiger partial charge in [-0.15, -0.1) is 0 Å². The average molecular weight is 328 g/mol. The van der Waals surface area contributed by atoms with Gasteiger partial charge in [0.2, 0.25) is 11.9 Å². The first-order valence-electron chi connectivity index (χ1n) is 8.32. The van der Waals surface area contributed by atoms with Crippen molar-refractivity contribution in [2.24, 2.45) is 7.05 Å². The Hall–Kier alpha value is -2.28. The molecule has 7 nitrogen and oxygen atoms in total. The van der Waals surface area contributed by atoms with Crippen LogP contribution in [0.25, 0.3) is 0 Å². The molecule has 128 valence electrons. The van der Waals surface area contributed by atoms with Crippen molar-refractivity contribution < 1.29 is 4.79 Å². The van der Waals surface area contributed by atoms with Gasteiger partial charge in [-0.1, -0.05) is 0 Å². The minimum absolute atomic E-state index is 0.0766. The number of carbonyl (C=O) groups excluding carboxylic acids is 1. The third-order valence-electron chi connectivity index (χ3n) is 4.87. The summed E-state index contributed by atoms with van der Waals surface area (Å²) in [6.45, 7) is 6.98. The molecule has 2 atom stereocenters. The number of rotatable bonds is 4. The molecule has 3 rings (SSSR count). The van der Waals surface area contributed by atoms with E-state index < -0.39 is 0 Å². The van der Waals surface area contributed by atoms with Crippen LogP contribution >= 0.6 is 0 Å². The highest BCUT2D eigenvalue weighted by Gasteiger charge is 2.35. The van der Waals surface area contributed by atoms with Gasteiger partial charge >= 0.3 is 0 Å². The zero-order valence-corrected chi connectivity index (χ0v) is 14.7. The van der Waals surface area contributed by atoms with Crippen LogP contribution in [0.1, 0.15) is 42.8 Å². The zero-order valence-electron chi connectivity index (χ0n) is 14.7. The number of carbonyl (C=O) groups is 1. The second kappa shape index (κ2) is 6.68. The van der Waals surface area contributed by atoms with Gasteiger partial charge in [0.25, 0.3) is 0 Å². The first-order chi connectivity index (χ1) is 11.5. The SMILES string of the molecule is Cc1nn(C)c(C)c1[C@H]1CCCN1[C@H](C)C(=O)Nc1ncccn1. The third-order valence-corrected chi connectivity index (χ3v) is 4.87. The normalized spacial score (nSPS) is 19.4. The van der Waals surface area contributed by atoms with Crippen molar-refractivity contribution in [3.63, 3.8) is 0 Å². The van der Waals surface area contributed by atoms with Crippen LogP contribution in [-0.2, 0) is 11.8 Å². The molecule has 1 aliphatic rings. The Kier molecular flexibility index (Phi) is 4.62. The van der Waals surface area contributed by atoms with Crippen LogP contribution in [0.15, 0.2) is 18.5 Å². The molecule has 1 aliphatic heterocycles. The van der Waals surface area contributed by atoms with Crippen LogP contribution in [0.3, 0.4) is 0 Å². The van der Waals surface area contributed by atoms with Gasteiger partial charge in [-0.25, -0.2) is 9.97 Å². The maximum absolute atomic E-state index is 12.6. The summed E-state index contributed by atoms with van der Waals surface area (Å²) in [5.74, 6) is 0.270. The molecule has 1 saturated heterocycles. The predicted molar refractivity (Wildman–Crippen MR) is 91.5 cm³/mol. The Morgan fingerprint density at radius 3 is 2.67 bits per heavy atom. The van der Waals surface area contributed by atoms with Gasteiger partial charge in [-0.05, 0) is 46.2 Å². The summed E-state index contributed by atoms with van der Waals surface area (Å²) >= 11 is 0. The Morgan fingerprint density at radius 1 is 1.33 bits per heavy atom. The van der Waals surface area contributed by atoms with E-state index in [1.807, 2.05) is 25.6 Å². The molecule has 2 aromatic rings. The average Bonchev–Trinajstić information content (AvgIpc) is 3.12. The molecule has 0 aliphatic carbocycles. The monoisotopic (exact) mass is 328 g/mol. The predicted octanol–water partition coefficient (Wildman–Crippen LogP) is 1.99. The zero-order chi connectivity index (χ0) is 17.3. The van der Waals surface area contributed by atoms with Crippen molar-refractivity contribution >= 4 is 11.9 Å². The van der Waals surface area contributed by atoms with Gasteiger partial charge in [0.05, 0.1) is 11.7 Å². The lowest BCUT2D eigenvalue weighted by Gasteiger charge is -2.30. The number of aromatic nitrogens is 4. The van der Waals surface area contributed by atoms with Gasteiger partial charge in [-0.3, -0.25) is 19.7 Å². The molecule has 7 heteroatoms. The molecule has 0 unspecified atom stereocenters. The Labute approximate surface area is 142 Å². The van der Waals surface area contributed by atoms with E-state index in [2.05, 4.69) is 32.2 Å². The number of aryl methyl sites for hydroxylation is 2. The van der Waals surface area contributed by atoms with Crippen molar-refractivity contribution in [3.8, 4) is 0 Å². The molecular formula is C17H24N6O. The second-order valence-corrected chi connectivity index (χ2v) is 6.34. The van der Waals surface area contributed by atoms with E-state index in [0.717, 1.165) is 25.1 Å². The molecule has 0 bridgehead atoms. The second-order valence-electron chi connectivity index (χ2n) is 6.34. The number of anilines is 1. The molecule has 1 amide bonds. The van der Waals surface area contributed by atoms with Gasteiger partial charge in [-0.2, -0.15) is 5.10 Å². The molecule has 3 heterocycles. The molecule has 0 spiro atoms. The van der Waals surface area contributed by atoms with Gasteiger partial charge in [0.1, 0.15) is 0 Å². The molecule has 0 radical (unpaired) electrons. The molecule has 1 fully saturated rings. The van der Waals surface area contributed by atoms with Gasteiger partial charge in [0.15, 0.2) is 0 Å². The summed E-state index contributed by atoms with van der Waals surface area (Å²) in [6.07, 6.45) is 5.37. The van der Waals surface area contributed by atoms with Crippen LogP contribution in [0.4, 0.5) is 5.95 Å². The topological polar surface area (TPSA) is 75.9 Å². The summed E-state index contributed by atoms with van der Waals surface area (Å²) in [6, 6.07) is 1.71. The Morgan fingerprint density at radius 2 is 2.04 bits per heavy atom. The molecular weight excluding hydrogens is 304 g/mol. The largest absolute Gasteiger partial charge is 0.293 e. The smallest absolute Gasteiger partial charge is 0.243 e. The van der Waals surface area contributed by atoms with E-state index in [9.17, 15) is 4.79 Å². The van der Waals surface area contributed by atoms with Crippen LogP contribution in [-0.4, -0.2) is 43.1 Å². The molecule has 0 saturated carbocycles. The number of nitrogens with zero attached hydrogens (tertiary/aromatic N) is 5. The number of amides is 1. The third kappa shape index (κ3) is 3.03. The van der Waals surface area contributed by atoms with Crippen molar-refractivity contribution in [1.82, 2.24) is 24.6 Å². The van der Waals surface area contributed by atoms with Crippen LogP contribution in [0.2, 0.25) is 0 Å². The number of hydrogen-bond acceptors (Lipinski definition) is 5.